The van der Waals surface area contributed by atoms with Gasteiger partial charge in [0.1, 0.15) is 6.26 Å². The second-order valence-electron chi connectivity index (χ2n) is 5.25. The fourth-order valence-corrected chi connectivity index (χ4v) is 3.38. The second-order valence-corrected chi connectivity index (χ2v) is 5.25. The molecule has 4 nitrogen and oxygen atoms in total. The predicted molar refractivity (Wildman–Crippen MR) is 67.0 cm³/mol. The van der Waals surface area contributed by atoms with E-state index < -0.39 is 0 Å². The van der Waals surface area contributed by atoms with Gasteiger partial charge in [0.15, 0.2) is 0 Å². The predicted octanol–water partition coefficient (Wildman–Crippen LogP) is 2.16. The van der Waals surface area contributed by atoms with Gasteiger partial charge in [0.2, 0.25) is 0 Å². The molecule has 2 fully saturated rings. The van der Waals surface area contributed by atoms with E-state index in [0.717, 1.165) is 30.7 Å². The maximum atomic E-state index is 5.64. The highest BCUT2D eigenvalue weighted by Gasteiger charge is 2.36. The van der Waals surface area contributed by atoms with Gasteiger partial charge in [-0.15, -0.1) is 0 Å². The van der Waals surface area contributed by atoms with Crippen LogP contribution < -0.4 is 10.2 Å². The molecule has 1 aromatic rings. The third kappa shape index (κ3) is 2.06. The minimum atomic E-state index is 0.685. The molecule has 1 saturated heterocycles. The van der Waals surface area contributed by atoms with E-state index in [2.05, 4.69) is 15.2 Å². The quantitative estimate of drug-likeness (QED) is 0.871. The normalized spacial score (nSPS) is 28.4. The zero-order valence-corrected chi connectivity index (χ0v) is 10.5. The van der Waals surface area contributed by atoms with Crippen molar-refractivity contribution in [3.05, 3.63) is 12.0 Å². The molecule has 1 aliphatic carbocycles. The topological polar surface area (TPSA) is 41.3 Å². The summed E-state index contributed by atoms with van der Waals surface area (Å²) in [6, 6.07) is 1.52. The Balaban J connectivity index is 1.77. The molecule has 1 aliphatic heterocycles. The molecule has 2 atom stereocenters. The first-order valence-electron chi connectivity index (χ1n) is 6.74. The first-order chi connectivity index (χ1) is 8.38. The van der Waals surface area contributed by atoms with Crippen LogP contribution >= 0.6 is 0 Å². The SMILES string of the molecule is CNCc1coc(N2CCCC3CCCC32)n1. The lowest BCUT2D eigenvalue weighted by Crippen LogP contribution is -2.42. The maximum absolute atomic E-state index is 5.64. The summed E-state index contributed by atoms with van der Waals surface area (Å²) >= 11 is 0. The second kappa shape index (κ2) is 4.69. The monoisotopic (exact) mass is 235 g/mol. The Labute approximate surface area is 102 Å². The van der Waals surface area contributed by atoms with Crippen molar-refractivity contribution >= 4 is 6.01 Å². The molecule has 2 unspecified atom stereocenters. The van der Waals surface area contributed by atoms with Crippen LogP contribution in [-0.4, -0.2) is 24.6 Å². The van der Waals surface area contributed by atoms with Gasteiger partial charge in [0, 0.05) is 19.1 Å². The molecule has 4 heteroatoms. The third-order valence-corrected chi connectivity index (χ3v) is 4.14. The average Bonchev–Trinajstić information content (AvgIpc) is 2.96. The van der Waals surface area contributed by atoms with E-state index in [-0.39, 0.29) is 0 Å². The lowest BCUT2D eigenvalue weighted by Gasteiger charge is -2.36. The number of rotatable bonds is 3. The molecule has 1 aromatic heterocycles. The summed E-state index contributed by atoms with van der Waals surface area (Å²) in [5.74, 6) is 0.878. The van der Waals surface area contributed by atoms with Gasteiger partial charge in [0.05, 0.1) is 5.69 Å². The molecular formula is C13H21N3O. The van der Waals surface area contributed by atoms with Crippen LogP contribution in [0.15, 0.2) is 10.7 Å². The standard InChI is InChI=1S/C13H21N3O/c1-14-8-11-9-17-13(15-11)16-7-3-5-10-4-2-6-12(10)16/h9-10,12,14H,2-8H2,1H3. The molecule has 0 bridgehead atoms. The summed E-state index contributed by atoms with van der Waals surface area (Å²) in [6.07, 6.45) is 8.54. The van der Waals surface area contributed by atoms with E-state index >= 15 is 0 Å². The van der Waals surface area contributed by atoms with E-state index in [0.29, 0.717) is 6.04 Å². The number of nitrogens with one attached hydrogen (secondary N) is 1. The molecule has 94 valence electrons. The van der Waals surface area contributed by atoms with Gasteiger partial charge < -0.3 is 14.6 Å². The van der Waals surface area contributed by atoms with Crippen molar-refractivity contribution < 1.29 is 4.42 Å². The molecule has 0 aromatic carbocycles. The van der Waals surface area contributed by atoms with Crippen molar-refractivity contribution in [3.63, 3.8) is 0 Å². The maximum Gasteiger partial charge on any atom is 0.297 e. The highest BCUT2D eigenvalue weighted by atomic mass is 16.4. The zero-order chi connectivity index (χ0) is 11.7. The smallest absolute Gasteiger partial charge is 0.297 e. The van der Waals surface area contributed by atoms with Gasteiger partial charge in [-0.25, -0.2) is 0 Å². The van der Waals surface area contributed by atoms with Crippen molar-refractivity contribution in [2.75, 3.05) is 18.5 Å². The Kier molecular flexibility index (Phi) is 3.05. The van der Waals surface area contributed by atoms with Gasteiger partial charge in [0.25, 0.3) is 6.01 Å². The van der Waals surface area contributed by atoms with Gasteiger partial charge in [-0.05, 0) is 38.6 Å². The Hall–Kier alpha value is -1.03. The summed E-state index contributed by atoms with van der Waals surface area (Å²) in [5.41, 5.74) is 1.00. The van der Waals surface area contributed by atoms with E-state index in [1.54, 1.807) is 6.26 Å². The van der Waals surface area contributed by atoms with Crippen LogP contribution in [0.25, 0.3) is 0 Å². The lowest BCUT2D eigenvalue weighted by atomic mass is 9.92. The fraction of sp³-hybridized carbons (Fsp3) is 0.769. The molecule has 0 spiro atoms. The minimum Gasteiger partial charge on any atom is -0.432 e. The molecule has 1 saturated carbocycles. The molecule has 2 heterocycles. The minimum absolute atomic E-state index is 0.685. The molecule has 0 radical (unpaired) electrons. The summed E-state index contributed by atoms with van der Waals surface area (Å²) in [4.78, 5) is 6.98. The van der Waals surface area contributed by atoms with Crippen molar-refractivity contribution in [3.8, 4) is 0 Å². The Morgan fingerprint density at radius 1 is 1.41 bits per heavy atom. The summed E-state index contributed by atoms with van der Waals surface area (Å²) in [6.45, 7) is 1.89. The van der Waals surface area contributed by atoms with Gasteiger partial charge >= 0.3 is 0 Å². The first-order valence-corrected chi connectivity index (χ1v) is 6.74. The van der Waals surface area contributed by atoms with Crippen LogP contribution in [0.1, 0.15) is 37.8 Å². The van der Waals surface area contributed by atoms with Crippen molar-refractivity contribution in [1.82, 2.24) is 10.3 Å². The van der Waals surface area contributed by atoms with Crippen LogP contribution in [0.3, 0.4) is 0 Å². The Bertz CT molecular complexity index is 376. The third-order valence-electron chi connectivity index (χ3n) is 4.14. The van der Waals surface area contributed by atoms with E-state index in [1.807, 2.05) is 7.05 Å². The largest absolute Gasteiger partial charge is 0.432 e. The van der Waals surface area contributed by atoms with Crippen LogP contribution in [0.4, 0.5) is 6.01 Å². The Morgan fingerprint density at radius 2 is 2.29 bits per heavy atom. The highest BCUT2D eigenvalue weighted by Crippen LogP contribution is 2.38. The fourth-order valence-electron chi connectivity index (χ4n) is 3.38. The van der Waals surface area contributed by atoms with Crippen LogP contribution in [0.2, 0.25) is 0 Å². The van der Waals surface area contributed by atoms with Crippen molar-refractivity contribution in [2.24, 2.45) is 5.92 Å². The van der Waals surface area contributed by atoms with Crippen molar-refractivity contribution in [1.29, 1.82) is 0 Å². The lowest BCUT2D eigenvalue weighted by molar-refractivity contribution is 0.342. The number of piperidine rings is 1. The van der Waals surface area contributed by atoms with Crippen LogP contribution in [0.5, 0.6) is 0 Å². The van der Waals surface area contributed by atoms with Crippen LogP contribution in [0, 0.1) is 5.92 Å². The van der Waals surface area contributed by atoms with Gasteiger partial charge in [-0.3, -0.25) is 0 Å². The number of aromatic nitrogens is 1. The van der Waals surface area contributed by atoms with Gasteiger partial charge in [-0.1, -0.05) is 6.42 Å². The number of nitrogens with zero attached hydrogens (tertiary/aromatic N) is 2. The highest BCUT2D eigenvalue weighted by molar-refractivity contribution is 5.31. The number of hydrogen-bond donors (Lipinski definition) is 1. The zero-order valence-electron chi connectivity index (χ0n) is 10.5. The molecule has 1 N–H and O–H groups in total. The summed E-state index contributed by atoms with van der Waals surface area (Å²) in [7, 11) is 1.93. The number of hydrogen-bond acceptors (Lipinski definition) is 4. The van der Waals surface area contributed by atoms with E-state index in [4.69, 9.17) is 4.42 Å². The average molecular weight is 235 g/mol. The summed E-state index contributed by atoms with van der Waals surface area (Å²) < 4.78 is 5.64. The number of anilines is 1. The molecule has 0 amide bonds. The first kappa shape index (κ1) is 11.1. The molecule has 2 aliphatic rings. The number of oxazole rings is 1. The van der Waals surface area contributed by atoms with Crippen molar-refractivity contribution in [2.45, 2.75) is 44.7 Å². The van der Waals surface area contributed by atoms with Gasteiger partial charge in [-0.2, -0.15) is 4.98 Å². The summed E-state index contributed by atoms with van der Waals surface area (Å²) in [5, 5.41) is 3.11. The van der Waals surface area contributed by atoms with Crippen LogP contribution in [-0.2, 0) is 6.54 Å². The number of fused-ring (bicyclic) bond motifs is 1. The van der Waals surface area contributed by atoms with E-state index in [9.17, 15) is 0 Å². The van der Waals surface area contributed by atoms with E-state index in [1.165, 1.54) is 32.1 Å². The Morgan fingerprint density at radius 3 is 3.18 bits per heavy atom. The molecule has 17 heavy (non-hydrogen) atoms. The molecular weight excluding hydrogens is 214 g/mol. The molecule has 3 rings (SSSR count).